The Balaban J connectivity index is 1.76. The molecule has 0 aliphatic carbocycles. The van der Waals surface area contributed by atoms with Crippen LogP contribution < -0.4 is 15.9 Å². The fourth-order valence-corrected chi connectivity index (χ4v) is 7.77. The van der Waals surface area contributed by atoms with Crippen molar-refractivity contribution in [1.29, 1.82) is 0 Å². The zero-order chi connectivity index (χ0) is 27.8. The van der Waals surface area contributed by atoms with Crippen molar-refractivity contribution in [2.75, 3.05) is 6.61 Å². The first kappa shape index (κ1) is 27.4. The molecule has 0 saturated carbocycles. The third kappa shape index (κ3) is 5.86. The molecule has 0 radical (unpaired) electrons. The van der Waals surface area contributed by atoms with Crippen molar-refractivity contribution in [2.45, 2.75) is 26.2 Å². The minimum absolute atomic E-state index is 0.278. The van der Waals surface area contributed by atoms with Crippen molar-refractivity contribution in [2.24, 2.45) is 4.99 Å². The molecule has 5 aromatic carbocycles. The molecule has 0 fully saturated rings. The Bertz CT molecular complexity index is 1620. The highest BCUT2D eigenvalue weighted by molar-refractivity contribution is 7.85. The topological polar surface area (TPSA) is 38.7 Å². The molecule has 40 heavy (non-hydrogen) atoms. The highest BCUT2D eigenvalue weighted by atomic mass is 31.2. The molecule has 4 heteroatoms. The number of aliphatic imine (C=N–C) groups is 1. The summed E-state index contributed by atoms with van der Waals surface area (Å²) in [4.78, 5) is 4.98. The van der Waals surface area contributed by atoms with E-state index in [2.05, 4.69) is 43.8 Å². The molecular weight excluding hydrogens is 509 g/mol. The third-order valence-corrected chi connectivity index (χ3v) is 10.1. The maximum absolute atomic E-state index is 15.5. The highest BCUT2D eigenvalue weighted by Crippen LogP contribution is 2.44. The van der Waals surface area contributed by atoms with E-state index in [1.165, 1.54) is 5.56 Å². The van der Waals surface area contributed by atoms with E-state index in [1.807, 2.05) is 91.0 Å². The highest BCUT2D eigenvalue weighted by Gasteiger charge is 2.34. The molecule has 0 aromatic heterocycles. The van der Waals surface area contributed by atoms with Crippen LogP contribution in [0, 0.1) is 0 Å². The van der Waals surface area contributed by atoms with E-state index < -0.39 is 7.14 Å². The van der Waals surface area contributed by atoms with E-state index in [0.29, 0.717) is 16.8 Å². The van der Waals surface area contributed by atoms with Crippen LogP contribution in [0.25, 0.3) is 10.8 Å². The number of hydrogen-bond acceptors (Lipinski definition) is 3. The lowest BCUT2D eigenvalue weighted by molar-refractivity contribution is 0.352. The summed E-state index contributed by atoms with van der Waals surface area (Å²) in [7, 11) is -3.32. The van der Waals surface area contributed by atoms with Crippen molar-refractivity contribution in [3.63, 3.8) is 0 Å². The second-order valence-corrected chi connectivity index (χ2v) is 12.5. The summed E-state index contributed by atoms with van der Waals surface area (Å²) in [5, 5.41) is 4.27. The van der Waals surface area contributed by atoms with Gasteiger partial charge in [-0.05, 0) is 53.4 Å². The maximum atomic E-state index is 15.5. The molecule has 5 rings (SSSR count). The number of aryl methyl sites for hydroxylation is 1. The predicted molar refractivity (Wildman–Crippen MR) is 171 cm³/mol. The lowest BCUT2D eigenvalue weighted by Crippen LogP contribution is -2.29. The van der Waals surface area contributed by atoms with Gasteiger partial charge in [0.25, 0.3) is 0 Å². The number of ether oxygens (including phenoxy) is 1. The summed E-state index contributed by atoms with van der Waals surface area (Å²) < 4.78 is 21.8. The van der Waals surface area contributed by atoms with Gasteiger partial charge in [-0.3, -0.25) is 0 Å². The van der Waals surface area contributed by atoms with Crippen LogP contribution >= 0.6 is 7.14 Å². The molecule has 3 nitrogen and oxygen atoms in total. The zero-order valence-corrected chi connectivity index (χ0v) is 23.8. The third-order valence-electron chi connectivity index (χ3n) is 7.00. The Morgan fingerprint density at radius 2 is 1.38 bits per heavy atom. The fourth-order valence-electron chi connectivity index (χ4n) is 4.91. The summed E-state index contributed by atoms with van der Waals surface area (Å²) >= 11 is 0. The first-order valence-electron chi connectivity index (χ1n) is 13.8. The minimum Gasteiger partial charge on any atom is -0.473 e. The number of benzene rings is 5. The number of fused-ring (bicyclic) bond motifs is 1. The molecular formula is C36H34NO2P. The Kier molecular flexibility index (Phi) is 8.74. The normalized spacial score (nSPS) is 11.9. The van der Waals surface area contributed by atoms with Gasteiger partial charge in [-0.15, -0.1) is 0 Å². The fraction of sp³-hybridized carbons (Fsp3) is 0.139. The van der Waals surface area contributed by atoms with E-state index in [9.17, 15) is 0 Å². The van der Waals surface area contributed by atoms with Gasteiger partial charge in [-0.2, -0.15) is 0 Å². The van der Waals surface area contributed by atoms with Gasteiger partial charge in [0.2, 0.25) is 5.90 Å². The maximum Gasteiger partial charge on any atom is 0.222 e. The molecule has 0 aliphatic heterocycles. The van der Waals surface area contributed by atoms with Crippen LogP contribution in [0.5, 0.6) is 0 Å². The lowest BCUT2D eigenvalue weighted by atomic mass is 10.1. The molecule has 5 aromatic rings. The monoisotopic (exact) mass is 543 g/mol. The molecule has 0 heterocycles. The Morgan fingerprint density at radius 1 is 0.800 bits per heavy atom. The molecule has 0 bridgehead atoms. The largest absolute Gasteiger partial charge is 0.473 e. The van der Waals surface area contributed by atoms with Crippen molar-refractivity contribution in [3.05, 3.63) is 145 Å². The van der Waals surface area contributed by atoms with Crippen molar-refractivity contribution in [3.8, 4) is 0 Å². The average molecular weight is 544 g/mol. The molecule has 0 unspecified atom stereocenters. The molecule has 0 amide bonds. The second kappa shape index (κ2) is 12.8. The van der Waals surface area contributed by atoms with E-state index in [4.69, 9.17) is 9.73 Å². The van der Waals surface area contributed by atoms with Crippen molar-refractivity contribution >= 4 is 45.4 Å². The summed E-state index contributed by atoms with van der Waals surface area (Å²) in [6.45, 7) is 6.33. The molecule has 0 atom stereocenters. The smallest absolute Gasteiger partial charge is 0.222 e. The van der Waals surface area contributed by atoms with Crippen LogP contribution in [-0.2, 0) is 15.7 Å². The van der Waals surface area contributed by atoms with Crippen LogP contribution in [0.2, 0.25) is 0 Å². The second-order valence-electron chi connectivity index (χ2n) is 9.78. The van der Waals surface area contributed by atoms with Gasteiger partial charge in [-0.1, -0.05) is 123 Å². The van der Waals surface area contributed by atoms with Crippen LogP contribution in [0.4, 0.5) is 5.69 Å². The molecule has 0 saturated heterocycles. The van der Waals surface area contributed by atoms with Crippen molar-refractivity contribution < 1.29 is 9.30 Å². The van der Waals surface area contributed by atoms with Crippen LogP contribution in [0.15, 0.2) is 139 Å². The molecule has 200 valence electrons. The number of nitrogens with zero attached hydrogens (tertiary/aromatic N) is 1. The Labute approximate surface area is 237 Å². The van der Waals surface area contributed by atoms with Crippen molar-refractivity contribution in [1.82, 2.24) is 0 Å². The number of hydrogen-bond donors (Lipinski definition) is 0. The van der Waals surface area contributed by atoms with E-state index in [-0.39, 0.29) is 6.61 Å². The molecule has 0 N–H and O–H groups in total. The standard InChI is InChI=1S/C36H34NO2P/c1-3-5-14-28-21-23-31(24-22-28)37-36(39-25-4-2)34-26-29-15-12-13-16-30(29)27-35(34)40(38,32-17-8-6-9-18-32)33-19-10-7-11-20-33/h4,6-13,15-24,26-27H,2-3,5,14,25H2,1H3. The van der Waals surface area contributed by atoms with Gasteiger partial charge >= 0.3 is 0 Å². The number of unbranched alkanes of at least 4 members (excludes halogenated alkanes) is 1. The summed E-state index contributed by atoms with van der Waals surface area (Å²) in [5.41, 5.74) is 2.79. The molecule has 0 aliphatic rings. The lowest BCUT2D eigenvalue weighted by Gasteiger charge is -2.24. The van der Waals surface area contributed by atoms with E-state index in [1.54, 1.807) is 6.08 Å². The Morgan fingerprint density at radius 3 is 1.95 bits per heavy atom. The van der Waals surface area contributed by atoms with Gasteiger partial charge in [0.1, 0.15) is 6.61 Å². The predicted octanol–water partition coefficient (Wildman–Crippen LogP) is 8.10. The van der Waals surface area contributed by atoms with E-state index in [0.717, 1.165) is 46.3 Å². The van der Waals surface area contributed by atoms with Crippen LogP contribution in [0.3, 0.4) is 0 Å². The van der Waals surface area contributed by atoms with Gasteiger partial charge in [0.15, 0.2) is 7.14 Å². The van der Waals surface area contributed by atoms with Gasteiger partial charge in [-0.25, -0.2) is 4.99 Å². The molecule has 0 spiro atoms. The number of rotatable bonds is 10. The van der Waals surface area contributed by atoms with Crippen LogP contribution in [0.1, 0.15) is 30.9 Å². The summed E-state index contributed by atoms with van der Waals surface area (Å²) in [6.07, 6.45) is 5.07. The summed E-state index contributed by atoms with van der Waals surface area (Å²) in [5.74, 6) is 0.425. The van der Waals surface area contributed by atoms with E-state index >= 15 is 4.57 Å². The summed E-state index contributed by atoms with van der Waals surface area (Å²) in [6, 6.07) is 40.0. The first-order chi connectivity index (χ1) is 19.6. The van der Waals surface area contributed by atoms with Gasteiger partial charge in [0.05, 0.1) is 5.69 Å². The van der Waals surface area contributed by atoms with Gasteiger partial charge < -0.3 is 9.30 Å². The first-order valence-corrected chi connectivity index (χ1v) is 15.5. The quantitative estimate of drug-likeness (QED) is 0.0773. The van der Waals surface area contributed by atoms with Gasteiger partial charge in [0, 0.05) is 21.5 Å². The zero-order valence-electron chi connectivity index (χ0n) is 22.9. The average Bonchev–Trinajstić information content (AvgIpc) is 3.02. The van der Waals surface area contributed by atoms with Crippen LogP contribution in [-0.4, -0.2) is 12.5 Å². The Hall–Kier alpha value is -4.20. The minimum atomic E-state index is -3.32. The SMILES string of the molecule is C=CCOC(=Nc1ccc(CCCC)cc1)c1cc2ccccc2cc1P(=O)(c1ccccc1)c1ccccc1.